The molecule has 0 rings (SSSR count). The van der Waals surface area contributed by atoms with Crippen molar-refractivity contribution in [3.05, 3.63) is 0 Å². The Morgan fingerprint density at radius 3 is 2.44 bits per heavy atom. The van der Waals surface area contributed by atoms with E-state index in [0.717, 1.165) is 13.0 Å². The van der Waals surface area contributed by atoms with Crippen LogP contribution in [0.1, 0.15) is 27.2 Å². The molecule has 1 heteroatoms. The number of rotatable bonds is 3. The smallest absolute Gasteiger partial charge is 0.122 e. The summed E-state index contributed by atoms with van der Waals surface area (Å²) in [6.45, 7) is 6.59. The van der Waals surface area contributed by atoms with Crippen molar-refractivity contribution in [2.24, 2.45) is 0 Å². The predicted octanol–water partition coefficient (Wildman–Crippen LogP) is 1.82. The maximum atomic E-state index is 5.29. The van der Waals surface area contributed by atoms with Crippen molar-refractivity contribution in [1.82, 2.24) is 0 Å². The molecule has 0 amide bonds. The summed E-state index contributed by atoms with van der Waals surface area (Å²) in [5.74, 6) is 2.55. The monoisotopic (exact) mass is 126 g/mol. The lowest BCUT2D eigenvalue weighted by molar-refractivity contribution is 0.0276. The molecule has 0 bridgehead atoms. The Morgan fingerprint density at radius 1 is 1.56 bits per heavy atom. The first kappa shape index (κ1) is 8.52. The molecule has 0 N–H and O–H groups in total. The number of hydrogen-bond donors (Lipinski definition) is 0. The van der Waals surface area contributed by atoms with E-state index < -0.39 is 0 Å². The second-order valence-corrected chi connectivity index (χ2v) is 2.50. The van der Waals surface area contributed by atoms with Crippen LogP contribution in [0.4, 0.5) is 0 Å². The van der Waals surface area contributed by atoms with Gasteiger partial charge in [-0.15, -0.1) is 6.42 Å². The van der Waals surface area contributed by atoms with Gasteiger partial charge < -0.3 is 4.74 Å². The van der Waals surface area contributed by atoms with Crippen LogP contribution in [0.3, 0.4) is 0 Å². The Kier molecular flexibility index (Phi) is 3.34. The SMILES string of the molecule is C#CC(C)(C)OCCC. The van der Waals surface area contributed by atoms with Gasteiger partial charge in [-0.1, -0.05) is 12.8 Å². The van der Waals surface area contributed by atoms with Crippen molar-refractivity contribution in [2.45, 2.75) is 32.8 Å². The highest BCUT2D eigenvalue weighted by atomic mass is 16.5. The molecule has 0 saturated carbocycles. The molecular formula is C8H14O. The fourth-order valence-corrected chi connectivity index (χ4v) is 0.399. The Labute approximate surface area is 57.4 Å². The van der Waals surface area contributed by atoms with E-state index in [-0.39, 0.29) is 5.60 Å². The Morgan fingerprint density at radius 2 is 2.11 bits per heavy atom. The van der Waals surface area contributed by atoms with Gasteiger partial charge in [0, 0.05) is 6.61 Å². The summed E-state index contributed by atoms with van der Waals surface area (Å²) < 4.78 is 5.29. The minimum Gasteiger partial charge on any atom is -0.363 e. The van der Waals surface area contributed by atoms with Gasteiger partial charge in [0.05, 0.1) is 0 Å². The van der Waals surface area contributed by atoms with Gasteiger partial charge in [-0.05, 0) is 20.3 Å². The summed E-state index contributed by atoms with van der Waals surface area (Å²) in [6.07, 6.45) is 6.19. The Hall–Kier alpha value is -0.480. The second kappa shape index (κ2) is 3.53. The third-order valence-electron chi connectivity index (χ3n) is 1.01. The maximum Gasteiger partial charge on any atom is 0.122 e. The van der Waals surface area contributed by atoms with E-state index in [2.05, 4.69) is 12.8 Å². The molecule has 9 heavy (non-hydrogen) atoms. The van der Waals surface area contributed by atoms with E-state index in [1.807, 2.05) is 13.8 Å². The van der Waals surface area contributed by atoms with Crippen LogP contribution in [0.2, 0.25) is 0 Å². The van der Waals surface area contributed by atoms with Gasteiger partial charge in [0.25, 0.3) is 0 Å². The molecule has 0 aliphatic heterocycles. The molecule has 0 atom stereocenters. The van der Waals surface area contributed by atoms with Gasteiger partial charge in [0.1, 0.15) is 5.60 Å². The first-order chi connectivity index (χ1) is 4.12. The van der Waals surface area contributed by atoms with Crippen molar-refractivity contribution in [1.29, 1.82) is 0 Å². The Bertz CT molecular complexity index is 108. The predicted molar refractivity (Wildman–Crippen MR) is 39.2 cm³/mol. The van der Waals surface area contributed by atoms with E-state index in [1.54, 1.807) is 0 Å². The van der Waals surface area contributed by atoms with Crippen molar-refractivity contribution in [3.8, 4) is 12.3 Å². The molecule has 1 nitrogen and oxygen atoms in total. The largest absolute Gasteiger partial charge is 0.363 e. The van der Waals surface area contributed by atoms with E-state index in [4.69, 9.17) is 11.2 Å². The molecule has 52 valence electrons. The highest BCUT2D eigenvalue weighted by Gasteiger charge is 2.11. The molecule has 0 heterocycles. The second-order valence-electron chi connectivity index (χ2n) is 2.50. The first-order valence-electron chi connectivity index (χ1n) is 3.24. The average molecular weight is 126 g/mol. The maximum absolute atomic E-state index is 5.29. The molecule has 0 aliphatic rings. The van der Waals surface area contributed by atoms with Gasteiger partial charge in [0.2, 0.25) is 0 Å². The number of ether oxygens (including phenoxy) is 1. The van der Waals surface area contributed by atoms with Crippen LogP contribution in [0.15, 0.2) is 0 Å². The summed E-state index contributed by atoms with van der Waals surface area (Å²) in [7, 11) is 0. The zero-order valence-corrected chi connectivity index (χ0v) is 6.40. The number of terminal acetylenes is 1. The number of hydrogen-bond acceptors (Lipinski definition) is 1. The van der Waals surface area contributed by atoms with E-state index >= 15 is 0 Å². The summed E-state index contributed by atoms with van der Waals surface area (Å²) in [4.78, 5) is 0. The van der Waals surface area contributed by atoms with Gasteiger partial charge >= 0.3 is 0 Å². The zero-order valence-electron chi connectivity index (χ0n) is 6.40. The fraction of sp³-hybridized carbons (Fsp3) is 0.750. The van der Waals surface area contributed by atoms with Crippen LogP contribution in [0.25, 0.3) is 0 Å². The van der Waals surface area contributed by atoms with Crippen LogP contribution in [-0.4, -0.2) is 12.2 Å². The molecule has 0 unspecified atom stereocenters. The molecule has 0 spiro atoms. The minimum absolute atomic E-state index is 0.379. The van der Waals surface area contributed by atoms with E-state index in [0.29, 0.717) is 0 Å². The van der Waals surface area contributed by atoms with Gasteiger partial charge in [-0.3, -0.25) is 0 Å². The molecular weight excluding hydrogens is 112 g/mol. The molecule has 0 aromatic heterocycles. The Balaban J connectivity index is 3.49. The van der Waals surface area contributed by atoms with Gasteiger partial charge in [-0.2, -0.15) is 0 Å². The van der Waals surface area contributed by atoms with Gasteiger partial charge in [0.15, 0.2) is 0 Å². The van der Waals surface area contributed by atoms with E-state index in [1.165, 1.54) is 0 Å². The van der Waals surface area contributed by atoms with Crippen molar-refractivity contribution in [3.63, 3.8) is 0 Å². The third kappa shape index (κ3) is 4.05. The molecule has 0 aliphatic carbocycles. The van der Waals surface area contributed by atoms with Crippen molar-refractivity contribution >= 4 is 0 Å². The zero-order chi connectivity index (χ0) is 7.33. The van der Waals surface area contributed by atoms with Crippen LogP contribution >= 0.6 is 0 Å². The van der Waals surface area contributed by atoms with Gasteiger partial charge in [-0.25, -0.2) is 0 Å². The summed E-state index contributed by atoms with van der Waals surface area (Å²) in [5, 5.41) is 0. The summed E-state index contributed by atoms with van der Waals surface area (Å²) >= 11 is 0. The van der Waals surface area contributed by atoms with Crippen LogP contribution in [0.5, 0.6) is 0 Å². The van der Waals surface area contributed by atoms with Crippen molar-refractivity contribution < 1.29 is 4.74 Å². The van der Waals surface area contributed by atoms with Crippen LogP contribution in [0, 0.1) is 12.3 Å². The molecule has 0 fully saturated rings. The van der Waals surface area contributed by atoms with Crippen LogP contribution in [-0.2, 0) is 4.74 Å². The topological polar surface area (TPSA) is 9.23 Å². The lowest BCUT2D eigenvalue weighted by atomic mass is 10.1. The summed E-state index contributed by atoms with van der Waals surface area (Å²) in [6, 6.07) is 0. The molecule has 0 radical (unpaired) electrons. The highest BCUT2D eigenvalue weighted by molar-refractivity contribution is 5.02. The fourth-order valence-electron chi connectivity index (χ4n) is 0.399. The molecule has 0 saturated heterocycles. The molecule has 0 aromatic rings. The first-order valence-corrected chi connectivity index (χ1v) is 3.24. The normalized spacial score (nSPS) is 10.9. The van der Waals surface area contributed by atoms with Crippen LogP contribution < -0.4 is 0 Å². The molecule has 0 aromatic carbocycles. The average Bonchev–Trinajstić information content (AvgIpc) is 1.84. The summed E-state index contributed by atoms with van der Waals surface area (Å²) in [5.41, 5.74) is -0.379. The quantitative estimate of drug-likeness (QED) is 0.524. The highest BCUT2D eigenvalue weighted by Crippen LogP contribution is 2.06. The standard InChI is InChI=1S/C8H14O/c1-5-7-9-8(3,4)6-2/h2H,5,7H2,1,3-4H3. The minimum atomic E-state index is -0.379. The van der Waals surface area contributed by atoms with Crippen molar-refractivity contribution in [2.75, 3.05) is 6.61 Å². The van der Waals surface area contributed by atoms with E-state index in [9.17, 15) is 0 Å². The lowest BCUT2D eigenvalue weighted by Crippen LogP contribution is -2.21. The third-order valence-corrected chi connectivity index (χ3v) is 1.01. The lowest BCUT2D eigenvalue weighted by Gasteiger charge is -2.17.